The predicted octanol–water partition coefficient (Wildman–Crippen LogP) is 3.98. The summed E-state index contributed by atoms with van der Waals surface area (Å²) >= 11 is 0. The van der Waals surface area contributed by atoms with Crippen LogP contribution < -0.4 is 20.0 Å². The van der Waals surface area contributed by atoms with Crippen molar-refractivity contribution in [3.63, 3.8) is 0 Å². The number of carbonyl (C=O) groups excluding carboxylic acids is 2. The van der Waals surface area contributed by atoms with Gasteiger partial charge in [-0.2, -0.15) is 0 Å². The number of hydrogen-bond acceptors (Lipinski definition) is 4. The molecule has 0 aliphatic rings. The molecule has 1 N–H and O–H groups in total. The van der Waals surface area contributed by atoms with E-state index >= 15 is 0 Å². The average Bonchev–Trinajstić information content (AvgIpc) is 2.70. The van der Waals surface area contributed by atoms with E-state index in [1.807, 2.05) is 67.5 Å². The lowest BCUT2D eigenvalue weighted by Crippen LogP contribution is -2.32. The molecule has 2 aromatic rings. The summed E-state index contributed by atoms with van der Waals surface area (Å²) in [5, 5.41) is 2.91. The van der Waals surface area contributed by atoms with Gasteiger partial charge >= 0.3 is 0 Å². The molecule has 0 fully saturated rings. The van der Waals surface area contributed by atoms with Crippen LogP contribution in [0.15, 0.2) is 48.5 Å². The maximum absolute atomic E-state index is 12.4. The van der Waals surface area contributed by atoms with Crippen LogP contribution in [-0.4, -0.2) is 45.5 Å². The Hall–Kier alpha value is -3.02. The summed E-state index contributed by atoms with van der Waals surface area (Å²) in [6.07, 6.45) is 0.229. The predicted molar refractivity (Wildman–Crippen MR) is 122 cm³/mol. The van der Waals surface area contributed by atoms with Crippen LogP contribution in [0.3, 0.4) is 0 Å². The fourth-order valence-corrected chi connectivity index (χ4v) is 3.18. The lowest BCUT2D eigenvalue weighted by Gasteiger charge is -2.22. The van der Waals surface area contributed by atoms with Gasteiger partial charge in [-0.25, -0.2) is 0 Å². The Morgan fingerprint density at radius 1 is 0.828 bits per heavy atom. The SMILES string of the molecule is CCN(CC)c1ccc(NC(=O)CCN(C(C)=O)c2ccc(N(C)C)cc2)cc1. The van der Waals surface area contributed by atoms with E-state index in [1.165, 1.54) is 6.92 Å². The molecule has 2 aromatic carbocycles. The molecule has 0 unspecified atom stereocenters. The maximum atomic E-state index is 12.4. The van der Waals surface area contributed by atoms with Crippen molar-refractivity contribution in [1.82, 2.24) is 0 Å². The molecule has 2 rings (SSSR count). The molecular weight excluding hydrogens is 364 g/mol. The number of amides is 2. The summed E-state index contributed by atoms with van der Waals surface area (Å²) < 4.78 is 0. The van der Waals surface area contributed by atoms with E-state index in [9.17, 15) is 9.59 Å². The largest absolute Gasteiger partial charge is 0.378 e. The summed E-state index contributed by atoms with van der Waals surface area (Å²) in [6, 6.07) is 15.6. The van der Waals surface area contributed by atoms with Crippen LogP contribution in [-0.2, 0) is 9.59 Å². The third-order valence-corrected chi connectivity index (χ3v) is 4.90. The second-order valence-electron chi connectivity index (χ2n) is 7.10. The van der Waals surface area contributed by atoms with Gasteiger partial charge < -0.3 is 20.0 Å². The van der Waals surface area contributed by atoms with Crippen LogP contribution in [0.1, 0.15) is 27.2 Å². The first-order valence-corrected chi connectivity index (χ1v) is 10.1. The first-order valence-electron chi connectivity index (χ1n) is 10.1. The number of anilines is 4. The van der Waals surface area contributed by atoms with Crippen molar-refractivity contribution in [2.45, 2.75) is 27.2 Å². The van der Waals surface area contributed by atoms with E-state index in [0.717, 1.165) is 35.8 Å². The van der Waals surface area contributed by atoms with E-state index in [1.54, 1.807) is 4.90 Å². The van der Waals surface area contributed by atoms with E-state index in [4.69, 9.17) is 0 Å². The third-order valence-electron chi connectivity index (χ3n) is 4.90. The Kier molecular flexibility index (Phi) is 8.07. The number of hydrogen-bond donors (Lipinski definition) is 1. The van der Waals surface area contributed by atoms with Crippen LogP contribution in [0.5, 0.6) is 0 Å². The second kappa shape index (κ2) is 10.5. The van der Waals surface area contributed by atoms with Crippen LogP contribution in [0, 0.1) is 0 Å². The molecule has 6 heteroatoms. The van der Waals surface area contributed by atoms with Gasteiger partial charge in [-0.05, 0) is 62.4 Å². The molecule has 0 saturated carbocycles. The highest BCUT2D eigenvalue weighted by Crippen LogP contribution is 2.21. The molecular formula is C23H32N4O2. The summed E-state index contributed by atoms with van der Waals surface area (Å²) in [6.45, 7) is 7.98. The van der Waals surface area contributed by atoms with Crippen molar-refractivity contribution in [2.24, 2.45) is 0 Å². The van der Waals surface area contributed by atoms with Gasteiger partial charge in [0.2, 0.25) is 11.8 Å². The fourth-order valence-electron chi connectivity index (χ4n) is 3.18. The summed E-state index contributed by atoms with van der Waals surface area (Å²) in [5.74, 6) is -0.198. The molecule has 156 valence electrons. The van der Waals surface area contributed by atoms with Crippen molar-refractivity contribution >= 4 is 34.6 Å². The van der Waals surface area contributed by atoms with Crippen molar-refractivity contribution in [1.29, 1.82) is 0 Å². The van der Waals surface area contributed by atoms with Gasteiger partial charge in [-0.15, -0.1) is 0 Å². The van der Waals surface area contributed by atoms with E-state index in [-0.39, 0.29) is 18.2 Å². The minimum Gasteiger partial charge on any atom is -0.378 e. The molecule has 2 amide bonds. The number of nitrogens with zero attached hydrogens (tertiary/aromatic N) is 3. The van der Waals surface area contributed by atoms with Crippen molar-refractivity contribution < 1.29 is 9.59 Å². The smallest absolute Gasteiger partial charge is 0.226 e. The van der Waals surface area contributed by atoms with Gasteiger partial charge in [0.15, 0.2) is 0 Å². The molecule has 0 heterocycles. The number of carbonyl (C=O) groups is 2. The number of benzene rings is 2. The zero-order valence-electron chi connectivity index (χ0n) is 18.1. The Morgan fingerprint density at radius 3 is 1.83 bits per heavy atom. The topological polar surface area (TPSA) is 55.9 Å². The molecule has 0 bridgehead atoms. The van der Waals surface area contributed by atoms with Crippen LogP contribution in [0.4, 0.5) is 22.7 Å². The van der Waals surface area contributed by atoms with Gasteiger partial charge in [0.1, 0.15) is 0 Å². The third kappa shape index (κ3) is 6.24. The molecule has 0 aliphatic carbocycles. The van der Waals surface area contributed by atoms with Crippen molar-refractivity contribution in [2.75, 3.05) is 53.7 Å². The van der Waals surface area contributed by atoms with Crippen molar-refractivity contribution in [3.05, 3.63) is 48.5 Å². The minimum atomic E-state index is -0.114. The normalized spacial score (nSPS) is 10.4. The molecule has 0 atom stereocenters. The highest BCUT2D eigenvalue weighted by Gasteiger charge is 2.14. The van der Waals surface area contributed by atoms with Gasteiger partial charge in [0.05, 0.1) is 0 Å². The Bertz CT molecular complexity index is 797. The molecule has 29 heavy (non-hydrogen) atoms. The average molecular weight is 397 g/mol. The molecule has 0 radical (unpaired) electrons. The fraction of sp³-hybridized carbons (Fsp3) is 0.391. The summed E-state index contributed by atoms with van der Waals surface area (Å²) in [7, 11) is 3.94. The van der Waals surface area contributed by atoms with Gasteiger partial charge in [-0.3, -0.25) is 9.59 Å². The monoisotopic (exact) mass is 396 g/mol. The van der Waals surface area contributed by atoms with Crippen LogP contribution in [0.2, 0.25) is 0 Å². The van der Waals surface area contributed by atoms with E-state index < -0.39 is 0 Å². The molecule has 0 saturated heterocycles. The van der Waals surface area contributed by atoms with Gasteiger partial charge in [-0.1, -0.05) is 0 Å². The highest BCUT2D eigenvalue weighted by atomic mass is 16.2. The zero-order chi connectivity index (χ0) is 21.4. The summed E-state index contributed by atoms with van der Waals surface area (Å²) in [5.41, 5.74) is 3.75. The highest BCUT2D eigenvalue weighted by molar-refractivity contribution is 5.95. The molecule has 0 aliphatic heterocycles. The number of rotatable bonds is 9. The van der Waals surface area contributed by atoms with E-state index in [0.29, 0.717) is 6.54 Å². The first-order chi connectivity index (χ1) is 13.8. The van der Waals surface area contributed by atoms with Crippen LogP contribution >= 0.6 is 0 Å². The zero-order valence-corrected chi connectivity index (χ0v) is 18.1. The van der Waals surface area contributed by atoms with Gasteiger partial charge in [0.25, 0.3) is 0 Å². The summed E-state index contributed by atoms with van der Waals surface area (Å²) in [4.78, 5) is 30.3. The maximum Gasteiger partial charge on any atom is 0.226 e. The Balaban J connectivity index is 1.96. The van der Waals surface area contributed by atoms with Crippen molar-refractivity contribution in [3.8, 4) is 0 Å². The Morgan fingerprint density at radius 2 is 1.34 bits per heavy atom. The second-order valence-corrected chi connectivity index (χ2v) is 7.10. The molecule has 0 spiro atoms. The standard InChI is InChI=1S/C23H32N4O2/c1-6-26(7-2)21-10-8-19(9-11-21)24-23(29)16-17-27(18(3)28)22-14-12-20(13-15-22)25(4)5/h8-15H,6-7,16-17H2,1-5H3,(H,24,29). The molecule has 6 nitrogen and oxygen atoms in total. The number of nitrogens with one attached hydrogen (secondary N) is 1. The van der Waals surface area contributed by atoms with Gasteiger partial charge in [0, 0.05) is 69.8 Å². The van der Waals surface area contributed by atoms with E-state index in [2.05, 4.69) is 24.1 Å². The molecule has 0 aromatic heterocycles. The quantitative estimate of drug-likeness (QED) is 0.697. The van der Waals surface area contributed by atoms with Crippen LogP contribution in [0.25, 0.3) is 0 Å². The first kappa shape index (κ1) is 22.3. The lowest BCUT2D eigenvalue weighted by atomic mass is 10.2. The Labute approximate surface area is 174 Å². The lowest BCUT2D eigenvalue weighted by molar-refractivity contribution is -0.117. The minimum absolute atomic E-state index is 0.0843.